The summed E-state index contributed by atoms with van der Waals surface area (Å²) in [4.78, 5) is 29.5. The van der Waals surface area contributed by atoms with Crippen molar-refractivity contribution < 1.29 is 19.5 Å². The van der Waals surface area contributed by atoms with Crippen LogP contribution in [0.2, 0.25) is 0 Å². The first kappa shape index (κ1) is 8.35. The van der Waals surface area contributed by atoms with Crippen molar-refractivity contribution in [3.8, 4) is 0 Å². The first-order valence-electron chi connectivity index (χ1n) is 2.32. The van der Waals surface area contributed by atoms with Gasteiger partial charge in [0.05, 0.1) is 0 Å². The molecule has 0 aliphatic rings. The minimum absolute atomic E-state index is 0.325. The predicted octanol–water partition coefficient (Wildman–Crippen LogP) is -1.10. The Kier molecular flexibility index (Phi) is 3.55. The molecule has 5 heteroatoms. The zero-order chi connectivity index (χ0) is 7.98. The minimum atomic E-state index is -1.55. The number of carbonyl (C=O) groups is 3. The molecule has 10 heavy (non-hydrogen) atoms. The van der Waals surface area contributed by atoms with Gasteiger partial charge < -0.3 is 10.4 Å². The Balaban J connectivity index is 3.78. The fraction of sp³-hybridized carbons (Fsp3) is 0. The van der Waals surface area contributed by atoms with E-state index in [1.54, 1.807) is 0 Å². The van der Waals surface area contributed by atoms with Crippen molar-refractivity contribution in [2.45, 2.75) is 0 Å². The van der Waals surface area contributed by atoms with Gasteiger partial charge in [0.15, 0.2) is 0 Å². The van der Waals surface area contributed by atoms with Gasteiger partial charge in [0.25, 0.3) is 5.78 Å². The highest BCUT2D eigenvalue weighted by molar-refractivity contribution is 6.37. The van der Waals surface area contributed by atoms with E-state index in [1.165, 1.54) is 0 Å². The van der Waals surface area contributed by atoms with Crippen LogP contribution < -0.4 is 5.32 Å². The fourth-order valence-corrected chi connectivity index (χ4v) is 0.234. The van der Waals surface area contributed by atoms with Crippen molar-refractivity contribution in [2.75, 3.05) is 0 Å². The molecule has 5 nitrogen and oxygen atoms in total. The second-order valence-corrected chi connectivity index (χ2v) is 1.29. The number of amides is 1. The third-order valence-electron chi connectivity index (χ3n) is 0.610. The molecule has 0 unspecified atom stereocenters. The van der Waals surface area contributed by atoms with Crippen LogP contribution in [0.5, 0.6) is 0 Å². The van der Waals surface area contributed by atoms with Gasteiger partial charge in [-0.3, -0.25) is 9.59 Å². The lowest BCUT2D eigenvalue weighted by atomic mass is 10.4. The Bertz CT molecular complexity index is 184. The van der Waals surface area contributed by atoms with E-state index >= 15 is 0 Å². The quantitative estimate of drug-likeness (QED) is 0.297. The lowest BCUT2D eigenvalue weighted by Gasteiger charge is -1.82. The SMILES string of the molecule is O=CNC=CC(=O)C(=O)O. The summed E-state index contributed by atoms with van der Waals surface area (Å²) in [7, 11) is 0. The normalized spacial score (nSPS) is 9.20. The van der Waals surface area contributed by atoms with Crippen molar-refractivity contribution in [1.29, 1.82) is 0 Å². The summed E-state index contributed by atoms with van der Waals surface area (Å²) in [5, 5.41) is 9.95. The predicted molar refractivity (Wildman–Crippen MR) is 31.0 cm³/mol. The van der Waals surface area contributed by atoms with Gasteiger partial charge in [0, 0.05) is 12.3 Å². The maximum absolute atomic E-state index is 10.2. The highest BCUT2D eigenvalue weighted by Gasteiger charge is 2.04. The smallest absolute Gasteiger partial charge is 0.376 e. The second kappa shape index (κ2) is 4.25. The maximum atomic E-state index is 10.2. The van der Waals surface area contributed by atoms with Crippen molar-refractivity contribution in [1.82, 2.24) is 5.32 Å². The first-order chi connectivity index (χ1) is 4.68. The molecule has 0 spiro atoms. The van der Waals surface area contributed by atoms with Gasteiger partial charge >= 0.3 is 5.97 Å². The van der Waals surface area contributed by atoms with Crippen LogP contribution in [0.25, 0.3) is 0 Å². The van der Waals surface area contributed by atoms with Crippen LogP contribution in [-0.4, -0.2) is 23.3 Å². The van der Waals surface area contributed by atoms with Crippen LogP contribution in [0, 0.1) is 0 Å². The number of carbonyl (C=O) groups excluding carboxylic acids is 2. The molecular formula is C5H5NO4. The molecule has 0 aromatic heterocycles. The number of rotatable bonds is 4. The molecule has 0 bridgehead atoms. The Morgan fingerprint density at radius 2 is 2.00 bits per heavy atom. The number of carboxylic acid groups (broad SMARTS) is 1. The van der Waals surface area contributed by atoms with E-state index in [1.807, 2.05) is 5.32 Å². The van der Waals surface area contributed by atoms with Crippen LogP contribution in [0.1, 0.15) is 0 Å². The molecule has 0 saturated carbocycles. The Hall–Kier alpha value is -1.65. The maximum Gasteiger partial charge on any atom is 0.376 e. The molecule has 0 aromatic carbocycles. The van der Waals surface area contributed by atoms with Gasteiger partial charge in [-0.2, -0.15) is 0 Å². The molecular weight excluding hydrogens is 138 g/mol. The average molecular weight is 143 g/mol. The molecule has 2 N–H and O–H groups in total. The Morgan fingerprint density at radius 1 is 1.40 bits per heavy atom. The van der Waals surface area contributed by atoms with Crippen molar-refractivity contribution >= 4 is 18.2 Å². The highest BCUT2D eigenvalue weighted by atomic mass is 16.4. The number of hydrogen-bond acceptors (Lipinski definition) is 3. The van der Waals surface area contributed by atoms with Gasteiger partial charge in [0.1, 0.15) is 0 Å². The number of ketones is 1. The van der Waals surface area contributed by atoms with Gasteiger partial charge in [-0.15, -0.1) is 0 Å². The number of aliphatic carboxylic acids is 1. The summed E-state index contributed by atoms with van der Waals surface area (Å²) in [6.07, 6.45) is 2.02. The first-order valence-corrected chi connectivity index (χ1v) is 2.32. The zero-order valence-corrected chi connectivity index (χ0v) is 4.90. The van der Waals surface area contributed by atoms with Crippen molar-refractivity contribution in [3.63, 3.8) is 0 Å². The van der Waals surface area contributed by atoms with Crippen LogP contribution in [0.3, 0.4) is 0 Å². The van der Waals surface area contributed by atoms with Crippen LogP contribution in [0.4, 0.5) is 0 Å². The molecule has 0 aliphatic carbocycles. The summed E-state index contributed by atoms with van der Waals surface area (Å²) in [6, 6.07) is 0. The molecule has 0 aliphatic heterocycles. The van der Waals surface area contributed by atoms with E-state index < -0.39 is 11.8 Å². The molecule has 54 valence electrons. The van der Waals surface area contributed by atoms with E-state index in [-0.39, 0.29) is 0 Å². The Labute approximate surface area is 56.3 Å². The van der Waals surface area contributed by atoms with Gasteiger partial charge in [-0.05, 0) is 0 Å². The van der Waals surface area contributed by atoms with Crippen LogP contribution in [0.15, 0.2) is 12.3 Å². The van der Waals surface area contributed by atoms with Gasteiger partial charge in [0.2, 0.25) is 6.41 Å². The summed E-state index contributed by atoms with van der Waals surface area (Å²) >= 11 is 0. The van der Waals surface area contributed by atoms with Crippen LogP contribution in [-0.2, 0) is 14.4 Å². The molecule has 0 radical (unpaired) electrons. The lowest BCUT2D eigenvalue weighted by molar-refractivity contribution is -0.146. The number of carboxylic acids is 1. The molecule has 0 aromatic rings. The minimum Gasteiger partial charge on any atom is -0.475 e. The fourth-order valence-electron chi connectivity index (χ4n) is 0.234. The van der Waals surface area contributed by atoms with Crippen LogP contribution >= 0.6 is 0 Å². The third-order valence-corrected chi connectivity index (χ3v) is 0.610. The largest absolute Gasteiger partial charge is 0.475 e. The van der Waals surface area contributed by atoms with E-state index in [0.717, 1.165) is 12.3 Å². The third kappa shape index (κ3) is 3.36. The topological polar surface area (TPSA) is 83.5 Å². The standard InChI is InChI=1S/C5H5NO4/c7-3-6-2-1-4(8)5(9)10/h1-3H,(H,6,7)(H,9,10). The van der Waals surface area contributed by atoms with Crippen molar-refractivity contribution in [2.24, 2.45) is 0 Å². The summed E-state index contributed by atoms with van der Waals surface area (Å²) in [5.74, 6) is -2.63. The molecule has 0 atom stereocenters. The molecule has 0 fully saturated rings. The van der Waals surface area contributed by atoms with E-state index in [9.17, 15) is 14.4 Å². The lowest BCUT2D eigenvalue weighted by Crippen LogP contribution is -2.10. The molecule has 1 amide bonds. The number of hydrogen-bond donors (Lipinski definition) is 2. The van der Waals surface area contributed by atoms with Gasteiger partial charge in [-0.1, -0.05) is 0 Å². The summed E-state index contributed by atoms with van der Waals surface area (Å²) in [6.45, 7) is 0. The van der Waals surface area contributed by atoms with Crippen molar-refractivity contribution in [3.05, 3.63) is 12.3 Å². The highest BCUT2D eigenvalue weighted by Crippen LogP contribution is 1.73. The monoisotopic (exact) mass is 143 g/mol. The van der Waals surface area contributed by atoms with Gasteiger partial charge in [-0.25, -0.2) is 4.79 Å². The summed E-state index contributed by atoms with van der Waals surface area (Å²) in [5.41, 5.74) is 0. The molecule has 0 saturated heterocycles. The number of nitrogens with one attached hydrogen (secondary N) is 1. The van der Waals surface area contributed by atoms with E-state index in [2.05, 4.69) is 0 Å². The second-order valence-electron chi connectivity index (χ2n) is 1.29. The van der Waals surface area contributed by atoms with E-state index in [4.69, 9.17) is 5.11 Å². The Morgan fingerprint density at radius 3 is 2.40 bits per heavy atom. The summed E-state index contributed by atoms with van der Waals surface area (Å²) < 4.78 is 0. The van der Waals surface area contributed by atoms with E-state index in [0.29, 0.717) is 6.41 Å². The average Bonchev–Trinajstić information content (AvgIpc) is 1.88. The zero-order valence-electron chi connectivity index (χ0n) is 4.90. The molecule has 0 rings (SSSR count). The molecule has 0 heterocycles.